The summed E-state index contributed by atoms with van der Waals surface area (Å²) in [7, 11) is 0. The van der Waals surface area contributed by atoms with Crippen molar-refractivity contribution in [1.29, 1.82) is 0 Å². The first kappa shape index (κ1) is 12.4. The molecular formula is C11H8Br3NO. The van der Waals surface area contributed by atoms with E-state index in [9.17, 15) is 0 Å². The summed E-state index contributed by atoms with van der Waals surface area (Å²) in [6.45, 7) is 0. The van der Waals surface area contributed by atoms with Crippen LogP contribution in [0.25, 0.3) is 0 Å². The van der Waals surface area contributed by atoms with Crippen LogP contribution in [0.15, 0.2) is 48.4 Å². The Morgan fingerprint density at radius 3 is 2.44 bits per heavy atom. The Morgan fingerprint density at radius 1 is 1.06 bits per heavy atom. The van der Waals surface area contributed by atoms with Gasteiger partial charge in [-0.25, -0.2) is 0 Å². The maximum atomic E-state index is 6.13. The summed E-state index contributed by atoms with van der Waals surface area (Å²) >= 11 is 10.2. The number of halogens is 3. The second-order valence-corrected chi connectivity index (χ2v) is 5.84. The Morgan fingerprint density at radius 2 is 1.81 bits per heavy atom. The van der Waals surface area contributed by atoms with Gasteiger partial charge in [0.05, 0.1) is 6.04 Å². The van der Waals surface area contributed by atoms with Crippen LogP contribution in [0.2, 0.25) is 0 Å². The van der Waals surface area contributed by atoms with E-state index in [0.717, 1.165) is 20.3 Å². The van der Waals surface area contributed by atoms with Gasteiger partial charge in [0.15, 0.2) is 4.67 Å². The van der Waals surface area contributed by atoms with Crippen molar-refractivity contribution in [1.82, 2.24) is 0 Å². The molecule has 0 bridgehead atoms. The molecule has 0 fully saturated rings. The number of hydrogen-bond acceptors (Lipinski definition) is 2. The highest BCUT2D eigenvalue weighted by Crippen LogP contribution is 2.31. The lowest BCUT2D eigenvalue weighted by Gasteiger charge is -2.11. The summed E-state index contributed by atoms with van der Waals surface area (Å²) in [5.41, 5.74) is 7.12. The maximum Gasteiger partial charge on any atom is 0.169 e. The van der Waals surface area contributed by atoms with Gasteiger partial charge in [-0.2, -0.15) is 0 Å². The van der Waals surface area contributed by atoms with Crippen molar-refractivity contribution in [2.24, 2.45) is 5.73 Å². The standard InChI is InChI=1S/C11H8Br3NO/c12-6-1-2-8(13)7(5-6)11(15)9-3-4-10(14)16-9/h1-5,11H,15H2. The topological polar surface area (TPSA) is 39.2 Å². The molecule has 0 aliphatic heterocycles. The molecule has 1 aromatic heterocycles. The van der Waals surface area contributed by atoms with Crippen LogP contribution in [0.1, 0.15) is 17.4 Å². The molecule has 2 aromatic rings. The molecule has 16 heavy (non-hydrogen) atoms. The summed E-state index contributed by atoms with van der Waals surface area (Å²) in [5.74, 6) is 0.727. The molecule has 0 amide bonds. The highest BCUT2D eigenvalue weighted by molar-refractivity contribution is 9.11. The molecule has 1 aromatic carbocycles. The number of benzene rings is 1. The lowest BCUT2D eigenvalue weighted by molar-refractivity contribution is 0.470. The average molecular weight is 410 g/mol. The van der Waals surface area contributed by atoms with Gasteiger partial charge < -0.3 is 10.2 Å². The summed E-state index contributed by atoms with van der Waals surface area (Å²) in [5, 5.41) is 0. The van der Waals surface area contributed by atoms with Crippen molar-refractivity contribution in [3.05, 3.63) is 55.3 Å². The van der Waals surface area contributed by atoms with E-state index >= 15 is 0 Å². The Balaban J connectivity index is 2.40. The first-order valence-electron chi connectivity index (χ1n) is 4.53. The molecule has 5 heteroatoms. The van der Waals surface area contributed by atoms with Gasteiger partial charge in [-0.3, -0.25) is 0 Å². The molecule has 84 valence electrons. The zero-order valence-electron chi connectivity index (χ0n) is 8.08. The summed E-state index contributed by atoms with van der Waals surface area (Å²) in [4.78, 5) is 0. The molecule has 2 rings (SSSR count). The first-order chi connectivity index (χ1) is 7.58. The van der Waals surface area contributed by atoms with Gasteiger partial charge in [0.2, 0.25) is 0 Å². The van der Waals surface area contributed by atoms with Gasteiger partial charge in [0, 0.05) is 8.95 Å². The van der Waals surface area contributed by atoms with E-state index in [1.807, 2.05) is 30.3 Å². The van der Waals surface area contributed by atoms with Crippen molar-refractivity contribution in [2.45, 2.75) is 6.04 Å². The maximum absolute atomic E-state index is 6.13. The van der Waals surface area contributed by atoms with Crippen molar-refractivity contribution < 1.29 is 4.42 Å². The Hall–Kier alpha value is -0.100. The molecule has 1 heterocycles. The molecule has 0 saturated carbocycles. The fourth-order valence-corrected chi connectivity index (χ4v) is 2.59. The second kappa shape index (κ2) is 5.04. The largest absolute Gasteiger partial charge is 0.452 e. The highest BCUT2D eigenvalue weighted by Gasteiger charge is 2.15. The normalized spacial score (nSPS) is 12.8. The SMILES string of the molecule is NC(c1ccc(Br)o1)c1cc(Br)ccc1Br. The Bertz CT molecular complexity index is 510. The highest BCUT2D eigenvalue weighted by atomic mass is 79.9. The quantitative estimate of drug-likeness (QED) is 0.786. The predicted octanol–water partition coefficient (Wildman–Crippen LogP) is 4.62. The number of rotatable bonds is 2. The summed E-state index contributed by atoms with van der Waals surface area (Å²) in [6, 6.07) is 9.31. The first-order valence-corrected chi connectivity index (χ1v) is 6.91. The van der Waals surface area contributed by atoms with Crippen molar-refractivity contribution in [2.75, 3.05) is 0 Å². The third-order valence-electron chi connectivity index (χ3n) is 2.19. The van der Waals surface area contributed by atoms with Crippen LogP contribution in [0.5, 0.6) is 0 Å². The van der Waals surface area contributed by atoms with Gasteiger partial charge in [-0.05, 0) is 51.8 Å². The molecule has 1 unspecified atom stereocenters. The van der Waals surface area contributed by atoms with Crippen molar-refractivity contribution in [3.8, 4) is 0 Å². The van der Waals surface area contributed by atoms with Gasteiger partial charge in [0.1, 0.15) is 5.76 Å². The molecule has 0 radical (unpaired) electrons. The minimum absolute atomic E-state index is 0.279. The van der Waals surface area contributed by atoms with Crippen LogP contribution in [-0.2, 0) is 0 Å². The van der Waals surface area contributed by atoms with E-state index in [0.29, 0.717) is 4.67 Å². The fraction of sp³-hybridized carbons (Fsp3) is 0.0909. The zero-order valence-corrected chi connectivity index (χ0v) is 12.8. The third-order valence-corrected chi connectivity index (χ3v) is 3.84. The smallest absolute Gasteiger partial charge is 0.169 e. The molecule has 2 nitrogen and oxygen atoms in total. The monoisotopic (exact) mass is 407 g/mol. The molecule has 0 aliphatic rings. The van der Waals surface area contributed by atoms with E-state index in [1.54, 1.807) is 0 Å². The van der Waals surface area contributed by atoms with Crippen LogP contribution in [0, 0.1) is 0 Å². The minimum atomic E-state index is -0.279. The van der Waals surface area contributed by atoms with Crippen LogP contribution in [0.3, 0.4) is 0 Å². The van der Waals surface area contributed by atoms with E-state index < -0.39 is 0 Å². The number of furan rings is 1. The van der Waals surface area contributed by atoms with E-state index in [2.05, 4.69) is 47.8 Å². The van der Waals surface area contributed by atoms with Crippen LogP contribution in [0.4, 0.5) is 0 Å². The van der Waals surface area contributed by atoms with E-state index in [-0.39, 0.29) is 6.04 Å². The van der Waals surface area contributed by atoms with Gasteiger partial charge in [0.25, 0.3) is 0 Å². The van der Waals surface area contributed by atoms with Gasteiger partial charge in [-0.1, -0.05) is 31.9 Å². The molecule has 1 atom stereocenters. The van der Waals surface area contributed by atoms with E-state index in [1.165, 1.54) is 0 Å². The van der Waals surface area contributed by atoms with Crippen LogP contribution >= 0.6 is 47.8 Å². The number of nitrogens with two attached hydrogens (primary N) is 1. The fourth-order valence-electron chi connectivity index (χ4n) is 1.40. The average Bonchev–Trinajstić information content (AvgIpc) is 2.67. The second-order valence-electron chi connectivity index (χ2n) is 3.29. The molecule has 0 saturated heterocycles. The van der Waals surface area contributed by atoms with Gasteiger partial charge in [-0.15, -0.1) is 0 Å². The lowest BCUT2D eigenvalue weighted by atomic mass is 10.1. The Labute approximate surface area is 119 Å². The zero-order chi connectivity index (χ0) is 11.7. The molecular weight excluding hydrogens is 402 g/mol. The predicted molar refractivity (Wildman–Crippen MR) is 74.3 cm³/mol. The van der Waals surface area contributed by atoms with Crippen LogP contribution < -0.4 is 5.73 Å². The minimum Gasteiger partial charge on any atom is -0.452 e. The lowest BCUT2D eigenvalue weighted by Crippen LogP contribution is -2.11. The molecule has 0 spiro atoms. The van der Waals surface area contributed by atoms with Crippen molar-refractivity contribution in [3.63, 3.8) is 0 Å². The van der Waals surface area contributed by atoms with Crippen LogP contribution in [-0.4, -0.2) is 0 Å². The summed E-state index contributed by atoms with van der Waals surface area (Å²) < 4.78 is 8.10. The van der Waals surface area contributed by atoms with E-state index in [4.69, 9.17) is 10.2 Å². The Kier molecular flexibility index (Phi) is 3.89. The summed E-state index contributed by atoms with van der Waals surface area (Å²) in [6.07, 6.45) is 0. The molecule has 2 N–H and O–H groups in total. The van der Waals surface area contributed by atoms with Crippen molar-refractivity contribution >= 4 is 47.8 Å². The number of hydrogen-bond donors (Lipinski definition) is 1. The third kappa shape index (κ3) is 2.59. The molecule has 0 aliphatic carbocycles. The van der Waals surface area contributed by atoms with Gasteiger partial charge >= 0.3 is 0 Å².